The van der Waals surface area contributed by atoms with Crippen LogP contribution in [-0.4, -0.2) is 72.6 Å². The van der Waals surface area contributed by atoms with Crippen molar-refractivity contribution in [1.82, 2.24) is 4.90 Å². The molecular formula is C31H39BrFN3O6Si. The van der Waals surface area contributed by atoms with Crippen LogP contribution in [0.2, 0.25) is 18.6 Å². The van der Waals surface area contributed by atoms with Gasteiger partial charge in [-0.25, -0.2) is 0 Å². The zero-order valence-corrected chi connectivity index (χ0v) is 27.4. The first-order valence-electron chi connectivity index (χ1n) is 14.7. The monoisotopic (exact) mass is 675 g/mol. The van der Waals surface area contributed by atoms with Crippen LogP contribution in [0.3, 0.4) is 0 Å². The van der Waals surface area contributed by atoms with Gasteiger partial charge in [0.15, 0.2) is 5.60 Å². The van der Waals surface area contributed by atoms with Gasteiger partial charge in [0, 0.05) is 33.7 Å². The maximum absolute atomic E-state index is 16.1. The first-order chi connectivity index (χ1) is 20.3. The third-order valence-corrected chi connectivity index (χ3v) is 12.1. The van der Waals surface area contributed by atoms with Gasteiger partial charge in [-0.1, -0.05) is 35.0 Å². The van der Waals surface area contributed by atoms with E-state index >= 15 is 4.11 Å². The number of likely N-dealkylation sites (tertiary alicyclic amines) is 1. The van der Waals surface area contributed by atoms with Crippen molar-refractivity contribution in [3.8, 4) is 0 Å². The molecule has 2 fully saturated rings. The Hall–Kier alpha value is -2.64. The molecule has 3 aliphatic heterocycles. The molecule has 43 heavy (non-hydrogen) atoms. The third-order valence-electron chi connectivity index (χ3n) is 9.15. The minimum absolute atomic E-state index is 0.0517. The van der Waals surface area contributed by atoms with E-state index < -0.39 is 43.6 Å². The first-order valence-corrected chi connectivity index (χ1v) is 18.5. The fraction of sp³-hybridized carbons (Fsp3) is 0.516. The molecule has 3 aliphatic rings. The molecular weight excluding hydrogens is 637 g/mol. The number of nitrogens with zero attached hydrogens (tertiary/aromatic N) is 2. The summed E-state index contributed by atoms with van der Waals surface area (Å²) < 4.78 is 23.6. The van der Waals surface area contributed by atoms with E-state index in [0.717, 1.165) is 22.9 Å². The van der Waals surface area contributed by atoms with Gasteiger partial charge < -0.3 is 34.2 Å². The number of rotatable bonds is 8. The Balaban J connectivity index is 1.47. The minimum atomic E-state index is -3.44. The molecule has 0 unspecified atom stereocenters. The number of amides is 3. The van der Waals surface area contributed by atoms with Crippen molar-refractivity contribution in [2.24, 2.45) is 5.92 Å². The number of aliphatic hydroxyl groups is 2. The van der Waals surface area contributed by atoms with Gasteiger partial charge in [0.05, 0.1) is 37.4 Å². The zero-order valence-electron chi connectivity index (χ0n) is 24.8. The van der Waals surface area contributed by atoms with E-state index in [0.29, 0.717) is 23.5 Å². The lowest BCUT2D eigenvalue weighted by Crippen LogP contribution is -2.45. The molecule has 0 radical (unpaired) electrons. The number of hydrogen-bond donors (Lipinski definition) is 3. The summed E-state index contributed by atoms with van der Waals surface area (Å²) >= 11 is 3.54. The number of hydrogen-bond acceptors (Lipinski definition) is 6. The molecule has 3 amide bonds. The van der Waals surface area contributed by atoms with Gasteiger partial charge in [-0.3, -0.25) is 14.4 Å². The fourth-order valence-corrected chi connectivity index (χ4v) is 10.00. The highest BCUT2D eigenvalue weighted by atomic mass is 79.9. The van der Waals surface area contributed by atoms with Crippen LogP contribution in [0.4, 0.5) is 15.5 Å². The van der Waals surface area contributed by atoms with Crippen LogP contribution in [0.1, 0.15) is 44.2 Å². The highest BCUT2D eigenvalue weighted by Crippen LogP contribution is 2.60. The van der Waals surface area contributed by atoms with Crippen LogP contribution < -0.4 is 10.2 Å². The quantitative estimate of drug-likeness (QED) is 0.281. The second kappa shape index (κ2) is 12.0. The van der Waals surface area contributed by atoms with Crippen LogP contribution >= 0.6 is 15.9 Å². The molecule has 2 aromatic carbocycles. The number of ether oxygens (including phenoxy) is 1. The van der Waals surface area contributed by atoms with Crippen molar-refractivity contribution in [3.63, 3.8) is 0 Å². The van der Waals surface area contributed by atoms with Crippen molar-refractivity contribution >= 4 is 53.4 Å². The van der Waals surface area contributed by atoms with Gasteiger partial charge >= 0.3 is 0 Å². The Bertz CT molecular complexity index is 1400. The van der Waals surface area contributed by atoms with E-state index in [9.17, 15) is 24.6 Å². The average Bonchev–Trinajstić information content (AvgIpc) is 3.60. The molecule has 0 aromatic heterocycles. The molecule has 0 bridgehead atoms. The number of nitrogens with one attached hydrogen (secondary N) is 1. The van der Waals surface area contributed by atoms with Crippen LogP contribution in [0.15, 0.2) is 46.9 Å². The van der Waals surface area contributed by atoms with Gasteiger partial charge in [-0.2, -0.15) is 0 Å². The Labute approximate surface area is 260 Å². The van der Waals surface area contributed by atoms with E-state index in [1.807, 2.05) is 25.1 Å². The lowest BCUT2D eigenvalue weighted by Gasteiger charge is -2.31. The summed E-state index contributed by atoms with van der Waals surface area (Å²) in [5.74, 6) is -1.54. The van der Waals surface area contributed by atoms with E-state index in [2.05, 4.69) is 21.2 Å². The average molecular weight is 677 g/mol. The third kappa shape index (κ3) is 5.79. The second-order valence-electron chi connectivity index (χ2n) is 12.5. The lowest BCUT2D eigenvalue weighted by atomic mass is 9.82. The van der Waals surface area contributed by atoms with E-state index in [-0.39, 0.29) is 37.4 Å². The number of benzene rings is 2. The molecule has 6 atom stereocenters. The summed E-state index contributed by atoms with van der Waals surface area (Å²) in [6, 6.07) is 12.3. The van der Waals surface area contributed by atoms with Crippen LogP contribution in [0.25, 0.3) is 0 Å². The van der Waals surface area contributed by atoms with Gasteiger partial charge in [-0.15, -0.1) is 0 Å². The standard InChI is InChI=1S/C31H39BrFN3O6Si/c1-18-28(43(3,4)33)26(15-27(39)35-13-5-6-23(35)17-37)42-31(18)24-14-21(32)9-12-25(24)36(30(31)41)16-20-7-10-22(11-8-20)34-29(40)19(2)38/h7-12,14,18-19,23,26,28,37-38H,5-6,13,15-17H2,1-4H3,(H,34,40)/t18-,19-,23-,26+,28-,31+/m0/s1. The largest absolute Gasteiger partial charge is 0.394 e. The molecule has 232 valence electrons. The molecule has 9 nitrogen and oxygen atoms in total. The van der Waals surface area contributed by atoms with Crippen molar-refractivity contribution in [1.29, 1.82) is 0 Å². The summed E-state index contributed by atoms with van der Waals surface area (Å²) in [5, 5.41) is 21.9. The first kappa shape index (κ1) is 31.8. The van der Waals surface area contributed by atoms with E-state index in [1.165, 1.54) is 6.92 Å². The topological polar surface area (TPSA) is 119 Å². The van der Waals surface area contributed by atoms with Crippen molar-refractivity contribution < 1.29 is 33.4 Å². The number of aliphatic hydroxyl groups excluding tert-OH is 2. The highest BCUT2D eigenvalue weighted by Gasteiger charge is 2.67. The molecule has 3 N–H and O–H groups in total. The predicted octanol–water partition coefficient (Wildman–Crippen LogP) is 4.46. The Kier molecular flexibility index (Phi) is 8.89. The number of carbonyl (C=O) groups excluding carboxylic acids is 3. The maximum Gasteiger partial charge on any atom is 0.264 e. The van der Waals surface area contributed by atoms with Gasteiger partial charge in [-0.05, 0) is 68.8 Å². The van der Waals surface area contributed by atoms with Crippen molar-refractivity contribution in [2.45, 2.75) is 82.1 Å². The second-order valence-corrected chi connectivity index (χ2v) is 17.2. The van der Waals surface area contributed by atoms with Gasteiger partial charge in [0.1, 0.15) is 6.10 Å². The van der Waals surface area contributed by atoms with Crippen molar-refractivity contribution in [2.75, 3.05) is 23.4 Å². The predicted molar refractivity (Wildman–Crippen MR) is 167 cm³/mol. The molecule has 2 saturated heterocycles. The molecule has 3 heterocycles. The fourth-order valence-electron chi connectivity index (χ4n) is 7.14. The Morgan fingerprint density at radius 1 is 1.23 bits per heavy atom. The minimum Gasteiger partial charge on any atom is -0.394 e. The Morgan fingerprint density at radius 2 is 1.93 bits per heavy atom. The van der Waals surface area contributed by atoms with Crippen LogP contribution in [0, 0.1) is 5.92 Å². The summed E-state index contributed by atoms with van der Waals surface area (Å²) in [6.07, 6.45) is -0.456. The van der Waals surface area contributed by atoms with E-state index in [4.69, 9.17) is 4.74 Å². The molecule has 1 spiro atoms. The SMILES string of the molecule is C[C@H](O)C(=O)Nc1ccc(CN2C(=O)[C@]3(O[C@H](CC(=O)N4CCC[C@H]4CO)[C@@H]([Si](C)(C)F)[C@@H]3C)c3cc(Br)ccc32)cc1. The number of carbonyl (C=O) groups is 3. The normalized spacial score (nSPS) is 27.6. The smallest absolute Gasteiger partial charge is 0.264 e. The molecule has 12 heteroatoms. The van der Waals surface area contributed by atoms with Crippen LogP contribution in [-0.2, 0) is 31.3 Å². The Morgan fingerprint density at radius 3 is 2.56 bits per heavy atom. The van der Waals surface area contributed by atoms with Crippen LogP contribution in [0.5, 0.6) is 0 Å². The molecule has 5 rings (SSSR count). The highest BCUT2D eigenvalue weighted by molar-refractivity contribution is 9.10. The van der Waals surface area contributed by atoms with E-state index in [1.54, 1.807) is 47.2 Å². The number of anilines is 2. The molecule has 0 aliphatic carbocycles. The molecule has 2 aromatic rings. The van der Waals surface area contributed by atoms with Gasteiger partial charge in [0.25, 0.3) is 11.8 Å². The van der Waals surface area contributed by atoms with Gasteiger partial charge in [0.2, 0.25) is 14.3 Å². The molecule has 0 saturated carbocycles. The summed E-state index contributed by atoms with van der Waals surface area (Å²) in [6.45, 7) is 7.11. The zero-order chi connectivity index (χ0) is 31.3. The maximum atomic E-state index is 16.1. The summed E-state index contributed by atoms with van der Waals surface area (Å²) in [7, 11) is -3.44. The lowest BCUT2D eigenvalue weighted by molar-refractivity contribution is -0.150. The summed E-state index contributed by atoms with van der Waals surface area (Å²) in [4.78, 5) is 43.2. The summed E-state index contributed by atoms with van der Waals surface area (Å²) in [5.41, 5.74) is 0.551. The number of fused-ring (bicyclic) bond motifs is 2. The van der Waals surface area contributed by atoms with Crippen molar-refractivity contribution in [3.05, 3.63) is 58.1 Å². The number of halogens is 2.